The molecule has 0 fully saturated rings. The van der Waals surface area contributed by atoms with E-state index in [0.717, 1.165) is 0 Å². The standard InChI is InChI=1S/C14H15F4NO4S/c1-3-14(2)4-9(19-23-14)24(21,22)6-8-12(17)10(15)7(5-20)11(16)13(8)18/h20H,3-6H2,1-2H3. The van der Waals surface area contributed by atoms with Gasteiger partial charge in [0.2, 0.25) is 0 Å². The number of halogens is 4. The van der Waals surface area contributed by atoms with Crippen molar-refractivity contribution in [3.63, 3.8) is 0 Å². The minimum atomic E-state index is -4.34. The fraction of sp³-hybridized carbons (Fsp3) is 0.500. The van der Waals surface area contributed by atoms with Crippen LogP contribution in [-0.2, 0) is 27.0 Å². The summed E-state index contributed by atoms with van der Waals surface area (Å²) in [6.45, 7) is 2.08. The Balaban J connectivity index is 2.42. The van der Waals surface area contributed by atoms with E-state index >= 15 is 0 Å². The van der Waals surface area contributed by atoms with Crippen LogP contribution >= 0.6 is 0 Å². The lowest BCUT2D eigenvalue weighted by Gasteiger charge is -2.18. The van der Waals surface area contributed by atoms with E-state index in [1.54, 1.807) is 13.8 Å². The molecule has 1 aliphatic rings. The van der Waals surface area contributed by atoms with Crippen molar-refractivity contribution < 1.29 is 35.9 Å². The summed E-state index contributed by atoms with van der Waals surface area (Å²) in [5, 5.41) is 11.7. The van der Waals surface area contributed by atoms with Crippen LogP contribution in [-0.4, -0.2) is 24.2 Å². The largest absolute Gasteiger partial charge is 0.391 e. The molecule has 0 aromatic heterocycles. The van der Waals surface area contributed by atoms with Crippen LogP contribution in [0, 0.1) is 23.3 Å². The van der Waals surface area contributed by atoms with Crippen molar-refractivity contribution in [2.24, 2.45) is 5.16 Å². The monoisotopic (exact) mass is 369 g/mol. The smallest absolute Gasteiger partial charge is 0.199 e. The van der Waals surface area contributed by atoms with E-state index in [-0.39, 0.29) is 6.42 Å². The Labute approximate surface area is 135 Å². The third-order valence-corrected chi connectivity index (χ3v) is 5.54. The molecule has 1 aromatic carbocycles. The number of hydrogen-bond donors (Lipinski definition) is 1. The number of rotatable bonds is 4. The lowest BCUT2D eigenvalue weighted by molar-refractivity contribution is -0.00605. The van der Waals surface area contributed by atoms with E-state index in [0.29, 0.717) is 6.42 Å². The molecule has 1 heterocycles. The molecule has 0 aliphatic carbocycles. The van der Waals surface area contributed by atoms with Gasteiger partial charge in [0, 0.05) is 12.0 Å². The SMILES string of the molecule is CCC1(C)CC(S(=O)(=O)Cc2c(F)c(F)c(CO)c(F)c2F)=NO1. The minimum absolute atomic E-state index is 0.116. The van der Waals surface area contributed by atoms with Gasteiger partial charge in [-0.2, -0.15) is 0 Å². The first-order valence-corrected chi connectivity index (χ1v) is 8.64. The highest BCUT2D eigenvalue weighted by Gasteiger charge is 2.39. The summed E-state index contributed by atoms with van der Waals surface area (Å²) in [6, 6.07) is 0. The Morgan fingerprint density at radius 2 is 1.62 bits per heavy atom. The van der Waals surface area contributed by atoms with E-state index < -0.39 is 67.2 Å². The predicted octanol–water partition coefficient (Wildman–Crippen LogP) is 2.55. The van der Waals surface area contributed by atoms with Gasteiger partial charge in [-0.15, -0.1) is 0 Å². The van der Waals surface area contributed by atoms with Crippen LogP contribution in [0.2, 0.25) is 0 Å². The Morgan fingerprint density at radius 3 is 2.04 bits per heavy atom. The van der Waals surface area contributed by atoms with Crippen molar-refractivity contribution in [3.05, 3.63) is 34.4 Å². The lowest BCUT2D eigenvalue weighted by atomic mass is 10.0. The number of benzene rings is 1. The molecule has 10 heteroatoms. The summed E-state index contributed by atoms with van der Waals surface area (Å²) < 4.78 is 79.6. The van der Waals surface area contributed by atoms with E-state index in [1.807, 2.05) is 0 Å². The molecule has 1 aromatic rings. The zero-order chi connectivity index (χ0) is 18.3. The molecule has 2 rings (SSSR count). The first kappa shape index (κ1) is 18.7. The van der Waals surface area contributed by atoms with Crippen molar-refractivity contribution in [1.82, 2.24) is 0 Å². The maximum atomic E-state index is 13.9. The number of aliphatic hydroxyl groups is 1. The van der Waals surface area contributed by atoms with Gasteiger partial charge >= 0.3 is 0 Å². The van der Waals surface area contributed by atoms with Gasteiger partial charge in [-0.05, 0) is 13.3 Å². The predicted molar refractivity (Wildman–Crippen MR) is 76.7 cm³/mol. The van der Waals surface area contributed by atoms with Crippen LogP contribution in [0.5, 0.6) is 0 Å². The average molecular weight is 369 g/mol. The number of sulfone groups is 1. The van der Waals surface area contributed by atoms with Gasteiger partial charge in [0.25, 0.3) is 0 Å². The van der Waals surface area contributed by atoms with Crippen LogP contribution in [0.3, 0.4) is 0 Å². The quantitative estimate of drug-likeness (QED) is 0.654. The molecular weight excluding hydrogens is 354 g/mol. The summed E-state index contributed by atoms with van der Waals surface area (Å²) >= 11 is 0. The first-order valence-electron chi connectivity index (χ1n) is 6.98. The lowest BCUT2D eigenvalue weighted by Crippen LogP contribution is -2.26. The van der Waals surface area contributed by atoms with E-state index in [4.69, 9.17) is 9.94 Å². The second-order valence-corrected chi connectivity index (χ2v) is 7.68. The van der Waals surface area contributed by atoms with Crippen molar-refractivity contribution in [2.75, 3.05) is 0 Å². The van der Waals surface area contributed by atoms with Crippen LogP contribution in [0.15, 0.2) is 5.16 Å². The van der Waals surface area contributed by atoms with Gasteiger partial charge < -0.3 is 9.94 Å². The molecule has 1 N–H and O–H groups in total. The maximum absolute atomic E-state index is 13.9. The van der Waals surface area contributed by atoms with Gasteiger partial charge in [-0.25, -0.2) is 26.0 Å². The minimum Gasteiger partial charge on any atom is -0.391 e. The van der Waals surface area contributed by atoms with Gasteiger partial charge in [-0.3, -0.25) is 0 Å². The Hall–Kier alpha value is -1.68. The van der Waals surface area contributed by atoms with Crippen LogP contribution < -0.4 is 0 Å². The highest BCUT2D eigenvalue weighted by molar-refractivity contribution is 8.05. The van der Waals surface area contributed by atoms with E-state index in [9.17, 15) is 26.0 Å². The summed E-state index contributed by atoms with van der Waals surface area (Å²) in [6.07, 6.45) is 0.321. The molecule has 0 spiro atoms. The molecule has 1 unspecified atom stereocenters. The van der Waals surface area contributed by atoms with Crippen molar-refractivity contribution in [2.45, 2.75) is 44.6 Å². The van der Waals surface area contributed by atoms with Gasteiger partial charge in [0.15, 0.2) is 38.1 Å². The topological polar surface area (TPSA) is 76.0 Å². The third kappa shape index (κ3) is 3.12. The average Bonchev–Trinajstić information content (AvgIpc) is 2.94. The number of nitrogens with zero attached hydrogens (tertiary/aromatic N) is 1. The zero-order valence-corrected chi connectivity index (χ0v) is 13.7. The number of hydrogen-bond acceptors (Lipinski definition) is 5. The summed E-state index contributed by atoms with van der Waals surface area (Å²) in [5.74, 6) is -8.69. The van der Waals surface area contributed by atoms with E-state index in [1.165, 1.54) is 0 Å². The van der Waals surface area contributed by atoms with Crippen molar-refractivity contribution in [3.8, 4) is 0 Å². The first-order chi connectivity index (χ1) is 11.1. The molecule has 0 bridgehead atoms. The number of oxime groups is 1. The highest BCUT2D eigenvalue weighted by Crippen LogP contribution is 2.31. The van der Waals surface area contributed by atoms with E-state index in [2.05, 4.69) is 5.16 Å². The summed E-state index contributed by atoms with van der Waals surface area (Å²) in [5.41, 5.74) is -3.35. The molecule has 1 aliphatic heterocycles. The molecule has 0 amide bonds. The maximum Gasteiger partial charge on any atom is 0.199 e. The molecule has 0 radical (unpaired) electrons. The molecular formula is C14H15F4NO4S. The van der Waals surface area contributed by atoms with Crippen molar-refractivity contribution in [1.29, 1.82) is 0 Å². The highest BCUT2D eigenvalue weighted by atomic mass is 32.2. The van der Waals surface area contributed by atoms with Gasteiger partial charge in [0.1, 0.15) is 5.60 Å². The fourth-order valence-corrected chi connectivity index (χ4v) is 3.64. The number of aliphatic hydroxyl groups excluding tert-OH is 1. The molecule has 0 saturated heterocycles. The second kappa shape index (κ2) is 6.32. The van der Waals surface area contributed by atoms with Gasteiger partial charge in [-0.1, -0.05) is 12.1 Å². The second-order valence-electron chi connectivity index (χ2n) is 5.69. The molecule has 1 atom stereocenters. The molecule has 134 valence electrons. The van der Waals surface area contributed by atoms with Gasteiger partial charge in [0.05, 0.1) is 17.9 Å². The molecule has 5 nitrogen and oxygen atoms in total. The zero-order valence-electron chi connectivity index (χ0n) is 12.9. The Kier molecular flexibility index (Phi) is 4.91. The van der Waals surface area contributed by atoms with Crippen LogP contribution in [0.4, 0.5) is 17.6 Å². The van der Waals surface area contributed by atoms with Crippen molar-refractivity contribution >= 4 is 14.9 Å². The normalized spacial score (nSPS) is 20.9. The molecule has 0 saturated carbocycles. The third-order valence-electron chi connectivity index (χ3n) is 3.94. The summed E-state index contributed by atoms with van der Waals surface area (Å²) in [7, 11) is -4.34. The van der Waals surface area contributed by atoms with Crippen LogP contribution in [0.25, 0.3) is 0 Å². The molecule has 24 heavy (non-hydrogen) atoms. The summed E-state index contributed by atoms with van der Waals surface area (Å²) in [4.78, 5) is 5.01. The Morgan fingerprint density at radius 1 is 1.12 bits per heavy atom. The Bertz CT molecular complexity index is 780. The van der Waals surface area contributed by atoms with Crippen LogP contribution in [0.1, 0.15) is 37.8 Å². The fourth-order valence-electron chi connectivity index (χ4n) is 2.16.